The summed E-state index contributed by atoms with van der Waals surface area (Å²) in [7, 11) is 3.35. The van der Waals surface area contributed by atoms with Crippen LogP contribution in [0, 0.1) is 0 Å². The standard InChI is InChI=1S/C20H26N2O2S.ClH/c1-23-18-9-15(20(25-3)10-19(18)24-2)11-22-12-16(17(21)13-22)14-7-5-4-6-8-14;/h4-10,16-17H,11-13,21H2,1-3H3;1H/t16-,17+;/m0./s1. The highest BCUT2D eigenvalue weighted by molar-refractivity contribution is 7.98. The Hall–Kier alpha value is -1.40. The monoisotopic (exact) mass is 394 g/mol. The molecule has 26 heavy (non-hydrogen) atoms. The minimum absolute atomic E-state index is 0. The molecule has 0 unspecified atom stereocenters. The van der Waals surface area contributed by atoms with E-state index >= 15 is 0 Å². The van der Waals surface area contributed by atoms with Crippen molar-refractivity contribution in [1.82, 2.24) is 4.90 Å². The van der Waals surface area contributed by atoms with E-state index in [0.717, 1.165) is 31.1 Å². The zero-order valence-electron chi connectivity index (χ0n) is 15.5. The number of halogens is 1. The predicted octanol–water partition coefficient (Wildman–Crippen LogP) is 3.77. The third kappa shape index (κ3) is 4.46. The van der Waals surface area contributed by atoms with Crippen LogP contribution in [0.1, 0.15) is 17.0 Å². The molecule has 1 heterocycles. The first-order chi connectivity index (χ1) is 12.2. The van der Waals surface area contributed by atoms with Crippen molar-refractivity contribution in [3.8, 4) is 11.5 Å². The van der Waals surface area contributed by atoms with Gasteiger partial charge in [0.05, 0.1) is 14.2 Å². The number of hydrogen-bond donors (Lipinski definition) is 1. The number of rotatable bonds is 6. The van der Waals surface area contributed by atoms with Gasteiger partial charge in [0.2, 0.25) is 0 Å². The largest absolute Gasteiger partial charge is 0.493 e. The lowest BCUT2D eigenvalue weighted by molar-refractivity contribution is 0.318. The Balaban J connectivity index is 0.00000243. The van der Waals surface area contributed by atoms with Gasteiger partial charge >= 0.3 is 0 Å². The molecule has 0 spiro atoms. The molecule has 1 aliphatic rings. The third-order valence-electron chi connectivity index (χ3n) is 4.85. The molecule has 2 aromatic carbocycles. The van der Waals surface area contributed by atoms with Gasteiger partial charge in [-0.3, -0.25) is 4.90 Å². The van der Waals surface area contributed by atoms with Crippen LogP contribution in [0.4, 0.5) is 0 Å². The molecule has 0 aromatic heterocycles. The minimum atomic E-state index is 0. The smallest absolute Gasteiger partial charge is 0.161 e. The van der Waals surface area contributed by atoms with Crippen molar-refractivity contribution in [3.63, 3.8) is 0 Å². The Kier molecular flexibility index (Phi) is 7.65. The lowest BCUT2D eigenvalue weighted by Crippen LogP contribution is -2.28. The van der Waals surface area contributed by atoms with E-state index in [0.29, 0.717) is 5.92 Å². The maximum Gasteiger partial charge on any atom is 0.161 e. The molecule has 0 bridgehead atoms. The predicted molar refractivity (Wildman–Crippen MR) is 111 cm³/mol. The summed E-state index contributed by atoms with van der Waals surface area (Å²) in [6, 6.07) is 14.9. The van der Waals surface area contributed by atoms with Gasteiger partial charge in [-0.25, -0.2) is 0 Å². The molecule has 2 aromatic rings. The molecule has 1 fully saturated rings. The van der Waals surface area contributed by atoms with Gasteiger partial charge in [-0.05, 0) is 29.5 Å². The van der Waals surface area contributed by atoms with Crippen molar-refractivity contribution >= 4 is 24.2 Å². The van der Waals surface area contributed by atoms with Crippen LogP contribution in [0.5, 0.6) is 11.5 Å². The Morgan fingerprint density at radius 2 is 1.73 bits per heavy atom. The van der Waals surface area contributed by atoms with E-state index in [-0.39, 0.29) is 18.4 Å². The summed E-state index contributed by atoms with van der Waals surface area (Å²) < 4.78 is 10.9. The zero-order chi connectivity index (χ0) is 17.8. The van der Waals surface area contributed by atoms with Crippen molar-refractivity contribution < 1.29 is 9.47 Å². The number of hydrogen-bond acceptors (Lipinski definition) is 5. The summed E-state index contributed by atoms with van der Waals surface area (Å²) in [6.07, 6.45) is 2.09. The Bertz CT molecular complexity index is 714. The van der Waals surface area contributed by atoms with Gasteiger partial charge in [0.15, 0.2) is 11.5 Å². The molecular weight excluding hydrogens is 368 g/mol. The fourth-order valence-corrected chi connectivity index (χ4v) is 4.16. The second kappa shape index (κ2) is 9.51. The van der Waals surface area contributed by atoms with E-state index in [2.05, 4.69) is 53.6 Å². The van der Waals surface area contributed by atoms with Crippen LogP contribution in [-0.2, 0) is 6.54 Å². The van der Waals surface area contributed by atoms with Gasteiger partial charge in [-0.2, -0.15) is 0 Å². The third-order valence-corrected chi connectivity index (χ3v) is 5.67. The molecule has 6 heteroatoms. The van der Waals surface area contributed by atoms with Crippen molar-refractivity contribution in [2.45, 2.75) is 23.4 Å². The highest BCUT2D eigenvalue weighted by Crippen LogP contribution is 2.36. The molecule has 0 amide bonds. The van der Waals surface area contributed by atoms with Crippen molar-refractivity contribution in [1.29, 1.82) is 0 Å². The molecular formula is C20H27ClN2O2S. The van der Waals surface area contributed by atoms with Gasteiger partial charge in [-0.15, -0.1) is 24.2 Å². The number of thioether (sulfide) groups is 1. The molecule has 2 atom stereocenters. The van der Waals surface area contributed by atoms with Crippen molar-refractivity contribution in [3.05, 3.63) is 53.6 Å². The Labute approximate surface area is 166 Å². The van der Waals surface area contributed by atoms with Crippen LogP contribution in [-0.4, -0.2) is 44.5 Å². The molecule has 1 aliphatic heterocycles. The first kappa shape index (κ1) is 20.9. The lowest BCUT2D eigenvalue weighted by Gasteiger charge is -2.19. The van der Waals surface area contributed by atoms with Gasteiger partial charge in [0.25, 0.3) is 0 Å². The van der Waals surface area contributed by atoms with Gasteiger partial charge < -0.3 is 15.2 Å². The molecule has 0 aliphatic carbocycles. The number of methoxy groups -OCH3 is 2. The van der Waals surface area contributed by atoms with E-state index in [1.807, 2.05) is 0 Å². The summed E-state index contributed by atoms with van der Waals surface area (Å²) >= 11 is 1.73. The van der Waals surface area contributed by atoms with Crippen LogP contribution in [0.2, 0.25) is 0 Å². The van der Waals surface area contributed by atoms with Crippen molar-refractivity contribution in [2.75, 3.05) is 33.6 Å². The fraction of sp³-hybridized carbons (Fsp3) is 0.400. The van der Waals surface area contributed by atoms with Gasteiger partial charge in [0.1, 0.15) is 0 Å². The van der Waals surface area contributed by atoms with Gasteiger partial charge in [0, 0.05) is 36.5 Å². The summed E-state index contributed by atoms with van der Waals surface area (Å²) in [5.74, 6) is 1.94. The zero-order valence-corrected chi connectivity index (χ0v) is 17.1. The topological polar surface area (TPSA) is 47.7 Å². The van der Waals surface area contributed by atoms with E-state index in [4.69, 9.17) is 15.2 Å². The molecule has 0 saturated carbocycles. The van der Waals surface area contributed by atoms with E-state index in [1.165, 1.54) is 16.0 Å². The quantitative estimate of drug-likeness (QED) is 0.755. The molecule has 3 rings (SSSR count). The van der Waals surface area contributed by atoms with E-state index in [9.17, 15) is 0 Å². The maximum atomic E-state index is 6.44. The first-order valence-electron chi connectivity index (χ1n) is 8.48. The van der Waals surface area contributed by atoms with E-state index in [1.54, 1.807) is 26.0 Å². The lowest BCUT2D eigenvalue weighted by atomic mass is 9.95. The highest BCUT2D eigenvalue weighted by atomic mass is 35.5. The normalized spacial score (nSPS) is 19.8. The molecule has 2 N–H and O–H groups in total. The van der Waals surface area contributed by atoms with Crippen LogP contribution in [0.3, 0.4) is 0 Å². The van der Waals surface area contributed by atoms with Crippen LogP contribution in [0.15, 0.2) is 47.4 Å². The molecule has 1 saturated heterocycles. The van der Waals surface area contributed by atoms with Crippen LogP contribution >= 0.6 is 24.2 Å². The molecule has 0 radical (unpaired) electrons. The number of likely N-dealkylation sites (tertiary alicyclic amines) is 1. The highest BCUT2D eigenvalue weighted by Gasteiger charge is 2.31. The number of nitrogens with two attached hydrogens (primary N) is 1. The average Bonchev–Trinajstić information content (AvgIpc) is 3.02. The van der Waals surface area contributed by atoms with Gasteiger partial charge in [-0.1, -0.05) is 30.3 Å². The summed E-state index contributed by atoms with van der Waals surface area (Å²) in [6.45, 7) is 2.75. The number of benzene rings is 2. The maximum absolute atomic E-state index is 6.44. The van der Waals surface area contributed by atoms with E-state index < -0.39 is 0 Å². The van der Waals surface area contributed by atoms with Crippen LogP contribution in [0.25, 0.3) is 0 Å². The summed E-state index contributed by atoms with van der Waals surface area (Å²) in [5.41, 5.74) is 9.02. The molecule has 4 nitrogen and oxygen atoms in total. The average molecular weight is 395 g/mol. The van der Waals surface area contributed by atoms with Crippen molar-refractivity contribution in [2.24, 2.45) is 5.73 Å². The first-order valence-corrected chi connectivity index (χ1v) is 9.70. The number of ether oxygens (including phenoxy) is 2. The summed E-state index contributed by atoms with van der Waals surface area (Å²) in [5, 5.41) is 0. The SMILES string of the molecule is COc1cc(CN2C[C@@H](N)[C@H](c3ccccc3)C2)c(SC)cc1OC.Cl. The Morgan fingerprint density at radius 1 is 1.08 bits per heavy atom. The second-order valence-electron chi connectivity index (χ2n) is 6.39. The minimum Gasteiger partial charge on any atom is -0.493 e. The van der Waals surface area contributed by atoms with Crippen LogP contribution < -0.4 is 15.2 Å². The Morgan fingerprint density at radius 3 is 2.35 bits per heavy atom. The number of nitrogens with zero attached hydrogens (tertiary/aromatic N) is 1. The summed E-state index contributed by atoms with van der Waals surface area (Å²) in [4.78, 5) is 3.65. The molecule has 142 valence electrons. The fourth-order valence-electron chi connectivity index (χ4n) is 3.55. The second-order valence-corrected chi connectivity index (χ2v) is 7.24.